The molecule has 0 amide bonds. The minimum Gasteiger partial charge on any atom is -0.491 e. The number of morpholine rings is 1. The smallest absolute Gasteiger partial charge is 0.124 e. The zero-order valence-corrected chi connectivity index (χ0v) is 16.8. The lowest BCUT2D eigenvalue weighted by atomic mass is 9.94. The van der Waals surface area contributed by atoms with E-state index in [9.17, 15) is 0 Å². The number of hydrogen-bond acceptors (Lipinski definition) is 5. The second-order valence-electron chi connectivity index (χ2n) is 7.17. The largest absolute Gasteiger partial charge is 0.491 e. The van der Waals surface area contributed by atoms with Crippen molar-refractivity contribution < 1.29 is 14.2 Å². The van der Waals surface area contributed by atoms with Gasteiger partial charge in [0.05, 0.1) is 19.8 Å². The molecule has 2 N–H and O–H groups in total. The van der Waals surface area contributed by atoms with Gasteiger partial charge in [-0.1, -0.05) is 18.6 Å². The molecule has 6 heteroatoms. The lowest BCUT2D eigenvalue weighted by molar-refractivity contribution is 0.0524. The van der Waals surface area contributed by atoms with Crippen molar-refractivity contribution in [2.45, 2.75) is 44.8 Å². The van der Waals surface area contributed by atoms with Crippen molar-refractivity contribution in [3.8, 4) is 5.75 Å². The normalized spacial score (nSPS) is 25.7. The third-order valence-corrected chi connectivity index (χ3v) is 5.36. The highest BCUT2D eigenvalue weighted by atomic mass is 35.5. The van der Waals surface area contributed by atoms with Gasteiger partial charge < -0.3 is 24.8 Å². The summed E-state index contributed by atoms with van der Waals surface area (Å²) >= 11 is 0. The van der Waals surface area contributed by atoms with E-state index < -0.39 is 0 Å². The Morgan fingerprint density at radius 2 is 2.15 bits per heavy atom. The molecular weight excluding hydrogens is 352 g/mol. The van der Waals surface area contributed by atoms with E-state index in [0.29, 0.717) is 31.2 Å². The summed E-state index contributed by atoms with van der Waals surface area (Å²) in [5.74, 6) is 1.63. The fraction of sp³-hybridized carbons (Fsp3) is 0.700. The van der Waals surface area contributed by atoms with E-state index in [0.717, 1.165) is 32.1 Å². The van der Waals surface area contributed by atoms with Crippen molar-refractivity contribution in [3.63, 3.8) is 0 Å². The lowest BCUT2D eigenvalue weighted by Gasteiger charge is -2.33. The summed E-state index contributed by atoms with van der Waals surface area (Å²) < 4.78 is 16.7. The van der Waals surface area contributed by atoms with Crippen LogP contribution in [0.4, 0.5) is 0 Å². The number of halogens is 1. The van der Waals surface area contributed by atoms with Crippen LogP contribution in [0, 0.1) is 12.8 Å². The van der Waals surface area contributed by atoms with Crippen LogP contribution in [0.15, 0.2) is 18.2 Å². The van der Waals surface area contributed by atoms with Crippen molar-refractivity contribution in [1.29, 1.82) is 0 Å². The molecule has 0 bridgehead atoms. The van der Waals surface area contributed by atoms with Crippen molar-refractivity contribution in [3.05, 3.63) is 29.3 Å². The standard InChI is InChI=1S/C20H32N2O3.ClH/c1-15-6-7-16(20(12-15)25-11-10-23-2)13-22-18-5-3-4-17(18)19-14-24-9-8-21-19;/h6-7,12,17-19,21-22H,3-5,8-11,13-14H2,1-2H3;1H. The molecule has 1 saturated heterocycles. The summed E-state index contributed by atoms with van der Waals surface area (Å²) in [7, 11) is 1.70. The van der Waals surface area contributed by atoms with E-state index in [1.165, 1.54) is 30.4 Å². The first-order valence-corrected chi connectivity index (χ1v) is 9.53. The van der Waals surface area contributed by atoms with Gasteiger partial charge in [-0.25, -0.2) is 0 Å². The zero-order chi connectivity index (χ0) is 17.5. The van der Waals surface area contributed by atoms with Crippen LogP contribution < -0.4 is 15.4 Å². The predicted octanol–water partition coefficient (Wildman–Crippen LogP) is 2.69. The molecule has 148 valence electrons. The zero-order valence-electron chi connectivity index (χ0n) is 16.0. The number of methoxy groups -OCH3 is 1. The summed E-state index contributed by atoms with van der Waals surface area (Å²) in [6.45, 7) is 6.80. The van der Waals surface area contributed by atoms with Crippen LogP contribution >= 0.6 is 12.4 Å². The van der Waals surface area contributed by atoms with Gasteiger partial charge in [0.2, 0.25) is 0 Å². The highest BCUT2D eigenvalue weighted by molar-refractivity contribution is 5.85. The molecule has 3 atom stereocenters. The summed E-state index contributed by atoms with van der Waals surface area (Å²) in [6.07, 6.45) is 3.82. The summed E-state index contributed by atoms with van der Waals surface area (Å²) in [6, 6.07) is 7.49. The summed E-state index contributed by atoms with van der Waals surface area (Å²) in [5, 5.41) is 7.43. The maximum Gasteiger partial charge on any atom is 0.124 e. The Bertz CT molecular complexity index is 538. The van der Waals surface area contributed by atoms with Crippen LogP contribution in [-0.2, 0) is 16.0 Å². The molecule has 2 aliphatic rings. The molecule has 1 saturated carbocycles. The van der Waals surface area contributed by atoms with Crippen LogP contribution in [0.2, 0.25) is 0 Å². The molecular formula is C20H33ClN2O3. The first kappa shape index (κ1) is 21.5. The average Bonchev–Trinajstić information content (AvgIpc) is 3.10. The fourth-order valence-electron chi connectivity index (χ4n) is 4.00. The Morgan fingerprint density at radius 3 is 2.92 bits per heavy atom. The van der Waals surface area contributed by atoms with Crippen molar-refractivity contribution in [1.82, 2.24) is 10.6 Å². The molecule has 0 radical (unpaired) electrons. The molecule has 0 spiro atoms. The van der Waals surface area contributed by atoms with Gasteiger partial charge in [-0.15, -0.1) is 12.4 Å². The third-order valence-electron chi connectivity index (χ3n) is 5.36. The first-order chi connectivity index (χ1) is 12.3. The second kappa shape index (κ2) is 11.1. The van der Waals surface area contributed by atoms with Gasteiger partial charge in [0.25, 0.3) is 0 Å². The number of aryl methyl sites for hydroxylation is 1. The molecule has 2 fully saturated rings. The summed E-state index contributed by atoms with van der Waals surface area (Å²) in [4.78, 5) is 0. The van der Waals surface area contributed by atoms with E-state index in [4.69, 9.17) is 14.2 Å². The fourth-order valence-corrected chi connectivity index (χ4v) is 4.00. The van der Waals surface area contributed by atoms with E-state index >= 15 is 0 Å². The van der Waals surface area contributed by atoms with Gasteiger partial charge in [-0.2, -0.15) is 0 Å². The second-order valence-corrected chi connectivity index (χ2v) is 7.17. The van der Waals surface area contributed by atoms with Crippen LogP contribution in [-0.4, -0.2) is 52.2 Å². The van der Waals surface area contributed by atoms with E-state index in [-0.39, 0.29) is 12.4 Å². The van der Waals surface area contributed by atoms with Crippen LogP contribution in [0.3, 0.4) is 0 Å². The van der Waals surface area contributed by atoms with E-state index in [1.807, 2.05) is 0 Å². The molecule has 1 heterocycles. The number of benzene rings is 1. The maximum absolute atomic E-state index is 5.92. The Labute approximate surface area is 163 Å². The molecule has 26 heavy (non-hydrogen) atoms. The SMILES string of the molecule is COCCOc1cc(C)ccc1CNC1CCCC1C1COCCN1.Cl. The molecule has 1 aromatic rings. The quantitative estimate of drug-likeness (QED) is 0.675. The van der Waals surface area contributed by atoms with Crippen LogP contribution in [0.25, 0.3) is 0 Å². The number of rotatable bonds is 8. The van der Waals surface area contributed by atoms with Gasteiger partial charge in [-0.3, -0.25) is 0 Å². The Morgan fingerprint density at radius 1 is 1.27 bits per heavy atom. The molecule has 5 nitrogen and oxygen atoms in total. The highest BCUT2D eigenvalue weighted by Crippen LogP contribution is 2.30. The Balaban J connectivity index is 0.00000243. The Hall–Kier alpha value is -0.850. The predicted molar refractivity (Wildman–Crippen MR) is 106 cm³/mol. The van der Waals surface area contributed by atoms with Crippen molar-refractivity contribution >= 4 is 12.4 Å². The topological polar surface area (TPSA) is 51.8 Å². The van der Waals surface area contributed by atoms with E-state index in [2.05, 4.69) is 35.8 Å². The maximum atomic E-state index is 5.92. The van der Waals surface area contributed by atoms with Gasteiger partial charge in [0, 0.05) is 37.8 Å². The molecule has 1 aromatic carbocycles. The van der Waals surface area contributed by atoms with Gasteiger partial charge in [-0.05, 0) is 37.3 Å². The van der Waals surface area contributed by atoms with Crippen molar-refractivity contribution in [2.75, 3.05) is 40.1 Å². The van der Waals surface area contributed by atoms with Crippen LogP contribution in [0.5, 0.6) is 5.75 Å². The molecule has 3 unspecified atom stereocenters. The molecule has 1 aliphatic carbocycles. The van der Waals surface area contributed by atoms with E-state index in [1.54, 1.807) is 7.11 Å². The van der Waals surface area contributed by atoms with Crippen LogP contribution in [0.1, 0.15) is 30.4 Å². The van der Waals surface area contributed by atoms with Gasteiger partial charge >= 0.3 is 0 Å². The first-order valence-electron chi connectivity index (χ1n) is 9.53. The molecule has 3 rings (SSSR count). The lowest BCUT2D eigenvalue weighted by Crippen LogP contribution is -2.50. The minimum atomic E-state index is 0. The molecule has 0 aromatic heterocycles. The highest BCUT2D eigenvalue weighted by Gasteiger charge is 2.34. The third kappa shape index (κ3) is 5.83. The van der Waals surface area contributed by atoms with Crippen molar-refractivity contribution in [2.24, 2.45) is 5.92 Å². The number of hydrogen-bond donors (Lipinski definition) is 2. The summed E-state index contributed by atoms with van der Waals surface area (Å²) in [5.41, 5.74) is 2.44. The number of nitrogens with one attached hydrogen (secondary N) is 2. The molecule has 1 aliphatic heterocycles. The Kier molecular flexibility index (Phi) is 9.16. The van der Waals surface area contributed by atoms with Gasteiger partial charge in [0.1, 0.15) is 12.4 Å². The number of ether oxygens (including phenoxy) is 3. The minimum absolute atomic E-state index is 0. The average molecular weight is 385 g/mol. The van der Waals surface area contributed by atoms with Gasteiger partial charge in [0.15, 0.2) is 0 Å². The monoisotopic (exact) mass is 384 g/mol.